The van der Waals surface area contributed by atoms with E-state index in [2.05, 4.69) is 9.53 Å². The van der Waals surface area contributed by atoms with E-state index in [1.54, 1.807) is 13.8 Å². The minimum atomic E-state index is -1.61. The van der Waals surface area contributed by atoms with Gasteiger partial charge in [0.1, 0.15) is 0 Å². The van der Waals surface area contributed by atoms with Gasteiger partial charge in [0.25, 0.3) is 0 Å². The number of rotatable bonds is 4. The van der Waals surface area contributed by atoms with Crippen LogP contribution >= 0.6 is 0 Å². The number of ether oxygens (including phenoxy) is 1. The standard InChI is InChI=1S/C7H10N2O4/c1-4(2)3-13-7(12)5(9-8)6(10)11/h4H,3H2,1-2H3,(H,10,11). The molecule has 0 aliphatic rings. The van der Waals surface area contributed by atoms with E-state index in [-0.39, 0.29) is 12.5 Å². The lowest BCUT2D eigenvalue weighted by Gasteiger charge is -2.02. The lowest BCUT2D eigenvalue weighted by molar-refractivity contribution is -0.147. The molecule has 0 rings (SSSR count). The van der Waals surface area contributed by atoms with Gasteiger partial charge < -0.3 is 15.4 Å². The second-order valence-corrected chi connectivity index (χ2v) is 2.75. The molecule has 1 N–H and O–H groups in total. The van der Waals surface area contributed by atoms with Gasteiger partial charge in [0.2, 0.25) is 0 Å². The fourth-order valence-corrected chi connectivity index (χ4v) is 0.482. The van der Waals surface area contributed by atoms with Gasteiger partial charge in [-0.25, -0.2) is 9.59 Å². The number of nitrogens with zero attached hydrogens (tertiary/aromatic N) is 2. The van der Waals surface area contributed by atoms with Crippen LogP contribution in [0.25, 0.3) is 5.53 Å². The van der Waals surface area contributed by atoms with E-state index in [4.69, 9.17) is 10.6 Å². The summed E-state index contributed by atoms with van der Waals surface area (Å²) >= 11 is 0. The quantitative estimate of drug-likeness (QED) is 0.218. The first-order valence-electron chi connectivity index (χ1n) is 3.61. The van der Waals surface area contributed by atoms with Gasteiger partial charge in [0.15, 0.2) is 0 Å². The predicted octanol–water partition coefficient (Wildman–Crippen LogP) is -0.0590. The highest BCUT2D eigenvalue weighted by Gasteiger charge is 2.30. The Bertz CT molecular complexity index is 266. The molecule has 0 aliphatic heterocycles. The molecular formula is C7H10N2O4. The van der Waals surface area contributed by atoms with Crippen molar-refractivity contribution in [1.82, 2.24) is 0 Å². The smallest absolute Gasteiger partial charge is 0.472 e. The summed E-state index contributed by atoms with van der Waals surface area (Å²) in [4.78, 5) is 23.4. The predicted molar refractivity (Wildman–Crippen MR) is 42.1 cm³/mol. The molecule has 0 saturated heterocycles. The van der Waals surface area contributed by atoms with Crippen molar-refractivity contribution < 1.29 is 24.2 Å². The van der Waals surface area contributed by atoms with Gasteiger partial charge in [-0.05, 0) is 5.92 Å². The number of hydrogen-bond donors (Lipinski definition) is 1. The number of esters is 1. The SMILES string of the molecule is CC(C)COC(=O)C(=[N+]=[N-])C(=O)O. The van der Waals surface area contributed by atoms with Crippen LogP contribution in [-0.4, -0.2) is 34.2 Å². The molecule has 0 spiro atoms. The Morgan fingerprint density at radius 2 is 2.08 bits per heavy atom. The maximum Gasteiger partial charge on any atom is 0.482 e. The maximum absolute atomic E-state index is 10.8. The summed E-state index contributed by atoms with van der Waals surface area (Å²) in [5.41, 5.74) is 7.13. The van der Waals surface area contributed by atoms with Crippen molar-refractivity contribution in [2.24, 2.45) is 5.92 Å². The number of carboxylic acid groups (broad SMARTS) is 1. The molecule has 0 amide bonds. The molecule has 0 unspecified atom stereocenters. The van der Waals surface area contributed by atoms with Crippen molar-refractivity contribution >= 4 is 17.7 Å². The molecule has 6 nitrogen and oxygen atoms in total. The van der Waals surface area contributed by atoms with Crippen LogP contribution in [0.1, 0.15) is 13.8 Å². The summed E-state index contributed by atoms with van der Waals surface area (Å²) in [6.45, 7) is 3.68. The Kier molecular flexibility index (Phi) is 4.40. The summed E-state index contributed by atoms with van der Waals surface area (Å²) in [5, 5.41) is 8.32. The summed E-state index contributed by atoms with van der Waals surface area (Å²) in [7, 11) is 0. The molecule has 0 atom stereocenters. The van der Waals surface area contributed by atoms with Crippen molar-refractivity contribution in [3.63, 3.8) is 0 Å². The van der Waals surface area contributed by atoms with Crippen LogP contribution in [-0.2, 0) is 14.3 Å². The normalized spacial score (nSPS) is 9.15. The Hall–Kier alpha value is -1.68. The minimum absolute atomic E-state index is 0.0884. The average molecular weight is 186 g/mol. The molecular weight excluding hydrogens is 176 g/mol. The van der Waals surface area contributed by atoms with Gasteiger partial charge in [0.05, 0.1) is 6.61 Å². The number of carbonyl (C=O) groups excluding carboxylic acids is 1. The van der Waals surface area contributed by atoms with E-state index in [1.807, 2.05) is 0 Å². The highest BCUT2D eigenvalue weighted by molar-refractivity contribution is 6.60. The van der Waals surface area contributed by atoms with Crippen LogP contribution in [0.15, 0.2) is 0 Å². The van der Waals surface area contributed by atoms with Crippen LogP contribution in [0.2, 0.25) is 0 Å². The number of carboxylic acids is 1. The molecule has 0 heterocycles. The second-order valence-electron chi connectivity index (χ2n) is 2.75. The molecule has 0 aromatic rings. The van der Waals surface area contributed by atoms with Gasteiger partial charge in [-0.1, -0.05) is 13.8 Å². The zero-order valence-electron chi connectivity index (χ0n) is 7.35. The van der Waals surface area contributed by atoms with Gasteiger partial charge in [-0.2, -0.15) is 4.79 Å². The lowest BCUT2D eigenvalue weighted by atomic mass is 10.2. The van der Waals surface area contributed by atoms with E-state index in [9.17, 15) is 9.59 Å². The van der Waals surface area contributed by atoms with Crippen LogP contribution < -0.4 is 0 Å². The van der Waals surface area contributed by atoms with E-state index >= 15 is 0 Å². The Labute approximate surface area is 74.7 Å². The van der Waals surface area contributed by atoms with Crippen molar-refractivity contribution in [3.05, 3.63) is 5.53 Å². The van der Waals surface area contributed by atoms with E-state index < -0.39 is 17.7 Å². The minimum Gasteiger partial charge on any atom is -0.472 e. The van der Waals surface area contributed by atoms with Gasteiger partial charge in [-0.3, -0.25) is 0 Å². The summed E-state index contributed by atoms with van der Waals surface area (Å²) in [6.07, 6.45) is 0. The largest absolute Gasteiger partial charge is 0.482 e. The first-order valence-corrected chi connectivity index (χ1v) is 3.61. The van der Waals surface area contributed by atoms with Gasteiger partial charge in [0, 0.05) is 0 Å². The summed E-state index contributed by atoms with van der Waals surface area (Å²) in [6, 6.07) is 0. The average Bonchev–Trinajstić information content (AvgIpc) is 2.01. The zero-order valence-corrected chi connectivity index (χ0v) is 7.35. The Morgan fingerprint density at radius 1 is 1.54 bits per heavy atom. The Balaban J connectivity index is 4.26. The van der Waals surface area contributed by atoms with Crippen LogP contribution in [0.4, 0.5) is 0 Å². The molecule has 0 saturated carbocycles. The van der Waals surface area contributed by atoms with Crippen molar-refractivity contribution in [2.45, 2.75) is 13.8 Å². The number of carbonyl (C=O) groups is 2. The van der Waals surface area contributed by atoms with Gasteiger partial charge in [-0.15, -0.1) is 0 Å². The van der Waals surface area contributed by atoms with Crippen LogP contribution in [0.5, 0.6) is 0 Å². The molecule has 0 aliphatic carbocycles. The highest BCUT2D eigenvalue weighted by atomic mass is 16.5. The molecule has 0 bridgehead atoms. The molecule has 0 aromatic carbocycles. The molecule has 6 heteroatoms. The monoisotopic (exact) mass is 186 g/mol. The van der Waals surface area contributed by atoms with E-state index in [0.717, 1.165) is 0 Å². The first-order chi connectivity index (χ1) is 5.99. The highest BCUT2D eigenvalue weighted by Crippen LogP contribution is 1.93. The summed E-state index contributed by atoms with van der Waals surface area (Å²) < 4.78 is 4.51. The Morgan fingerprint density at radius 3 is 2.38 bits per heavy atom. The number of hydrogen-bond acceptors (Lipinski definition) is 3. The van der Waals surface area contributed by atoms with Crippen LogP contribution in [0, 0.1) is 5.92 Å². The van der Waals surface area contributed by atoms with E-state index in [0.29, 0.717) is 0 Å². The third-order valence-corrected chi connectivity index (χ3v) is 1.04. The van der Waals surface area contributed by atoms with Crippen molar-refractivity contribution in [3.8, 4) is 0 Å². The fourth-order valence-electron chi connectivity index (χ4n) is 0.482. The fraction of sp³-hybridized carbons (Fsp3) is 0.571. The molecule has 72 valence electrons. The third-order valence-electron chi connectivity index (χ3n) is 1.04. The molecule has 0 fully saturated rings. The van der Waals surface area contributed by atoms with Crippen molar-refractivity contribution in [2.75, 3.05) is 6.61 Å². The molecule has 13 heavy (non-hydrogen) atoms. The maximum atomic E-state index is 10.8. The third kappa shape index (κ3) is 4.03. The summed E-state index contributed by atoms with van der Waals surface area (Å²) in [5.74, 6) is -2.65. The van der Waals surface area contributed by atoms with Gasteiger partial charge >= 0.3 is 17.7 Å². The van der Waals surface area contributed by atoms with Crippen molar-refractivity contribution in [1.29, 1.82) is 0 Å². The van der Waals surface area contributed by atoms with Crippen LogP contribution in [0.3, 0.4) is 0 Å². The first kappa shape index (κ1) is 11.3. The number of aliphatic carboxylic acids is 1. The second kappa shape index (κ2) is 5.05. The zero-order chi connectivity index (χ0) is 10.4. The molecule has 0 radical (unpaired) electrons. The lowest BCUT2D eigenvalue weighted by Crippen LogP contribution is -2.28. The van der Waals surface area contributed by atoms with E-state index in [1.165, 1.54) is 0 Å². The molecule has 0 aromatic heterocycles. The topological polar surface area (TPSA) is 100 Å².